The first-order valence-electron chi connectivity index (χ1n) is 10.1. The Bertz CT molecular complexity index is 869. The molecule has 2 aromatic rings. The van der Waals surface area contributed by atoms with Crippen molar-refractivity contribution in [3.63, 3.8) is 0 Å². The number of hydrogen-bond acceptors (Lipinski definition) is 4. The van der Waals surface area contributed by atoms with Crippen LogP contribution in [-0.2, 0) is 9.59 Å². The van der Waals surface area contributed by atoms with E-state index < -0.39 is 0 Å². The first-order chi connectivity index (χ1) is 14.1. The second-order valence-corrected chi connectivity index (χ2v) is 7.97. The first-order valence-corrected chi connectivity index (χ1v) is 10.1. The van der Waals surface area contributed by atoms with Crippen molar-refractivity contribution in [2.24, 2.45) is 0 Å². The summed E-state index contributed by atoms with van der Waals surface area (Å²) in [5.74, 6) is 0.993. The van der Waals surface area contributed by atoms with Crippen molar-refractivity contribution in [1.29, 1.82) is 0 Å². The van der Waals surface area contributed by atoms with Crippen LogP contribution in [0.5, 0.6) is 5.75 Å². The number of nitrogens with zero attached hydrogens (tertiary/aromatic N) is 1. The van der Waals surface area contributed by atoms with E-state index in [2.05, 4.69) is 27.7 Å². The molecule has 2 aromatic carbocycles. The predicted molar refractivity (Wildman–Crippen MR) is 112 cm³/mol. The Hall–Kier alpha value is -2.86. The van der Waals surface area contributed by atoms with Gasteiger partial charge in [0.05, 0.1) is 19.2 Å². The molecule has 0 saturated carbocycles. The SMILES string of the molecule is COc1ccc(NC(=O)CN2C[C@@H](c3ccccc3)[C@@]3(CCCC(=O)N3)C2)cc1. The minimum absolute atomic E-state index is 0.0545. The number of benzene rings is 2. The molecule has 0 aliphatic carbocycles. The van der Waals surface area contributed by atoms with Crippen molar-refractivity contribution < 1.29 is 14.3 Å². The zero-order valence-corrected chi connectivity index (χ0v) is 16.7. The van der Waals surface area contributed by atoms with Crippen molar-refractivity contribution in [2.45, 2.75) is 30.7 Å². The molecule has 4 rings (SSSR count). The minimum atomic E-state index is -0.295. The number of carbonyl (C=O) groups excluding carboxylic acids is 2. The van der Waals surface area contributed by atoms with E-state index in [1.807, 2.05) is 42.5 Å². The Kier molecular flexibility index (Phi) is 5.53. The van der Waals surface area contributed by atoms with Crippen molar-refractivity contribution >= 4 is 17.5 Å². The fourth-order valence-corrected chi connectivity index (χ4v) is 4.66. The van der Waals surface area contributed by atoms with E-state index in [-0.39, 0.29) is 23.3 Å². The quantitative estimate of drug-likeness (QED) is 0.820. The number of anilines is 1. The molecule has 2 atom stereocenters. The normalized spacial score (nSPS) is 24.3. The molecule has 0 unspecified atom stereocenters. The zero-order valence-electron chi connectivity index (χ0n) is 16.7. The van der Waals surface area contributed by atoms with Crippen LogP contribution >= 0.6 is 0 Å². The fourth-order valence-electron chi connectivity index (χ4n) is 4.66. The van der Waals surface area contributed by atoms with E-state index in [4.69, 9.17) is 4.74 Å². The van der Waals surface area contributed by atoms with E-state index >= 15 is 0 Å². The molecule has 2 heterocycles. The molecular formula is C23H27N3O3. The maximum absolute atomic E-state index is 12.6. The van der Waals surface area contributed by atoms with Crippen LogP contribution in [0.3, 0.4) is 0 Å². The molecule has 2 N–H and O–H groups in total. The second-order valence-electron chi connectivity index (χ2n) is 7.97. The molecule has 2 aliphatic heterocycles. The number of likely N-dealkylation sites (tertiary alicyclic amines) is 1. The summed E-state index contributed by atoms with van der Waals surface area (Å²) >= 11 is 0. The van der Waals surface area contributed by atoms with Crippen LogP contribution in [-0.4, -0.2) is 49.0 Å². The molecule has 2 aliphatic rings. The number of amides is 2. The maximum atomic E-state index is 12.6. The number of piperidine rings is 1. The molecule has 6 nitrogen and oxygen atoms in total. The minimum Gasteiger partial charge on any atom is -0.497 e. The average Bonchev–Trinajstić information content (AvgIpc) is 3.05. The molecule has 6 heteroatoms. The molecule has 2 fully saturated rings. The number of carbonyl (C=O) groups is 2. The lowest BCUT2D eigenvalue weighted by Gasteiger charge is -2.39. The molecule has 0 bridgehead atoms. The highest BCUT2D eigenvalue weighted by Crippen LogP contribution is 2.41. The van der Waals surface area contributed by atoms with Crippen molar-refractivity contribution in [1.82, 2.24) is 10.2 Å². The van der Waals surface area contributed by atoms with Crippen LogP contribution in [0.1, 0.15) is 30.7 Å². The van der Waals surface area contributed by atoms with Crippen molar-refractivity contribution in [2.75, 3.05) is 32.1 Å². The van der Waals surface area contributed by atoms with Crippen LogP contribution in [0, 0.1) is 0 Å². The Labute approximate surface area is 171 Å². The van der Waals surface area contributed by atoms with E-state index in [0.717, 1.165) is 30.8 Å². The summed E-state index contributed by atoms with van der Waals surface area (Å²) in [5, 5.41) is 6.23. The summed E-state index contributed by atoms with van der Waals surface area (Å²) in [6, 6.07) is 17.6. The molecule has 0 aromatic heterocycles. The number of hydrogen-bond donors (Lipinski definition) is 2. The van der Waals surface area contributed by atoms with Crippen LogP contribution in [0.2, 0.25) is 0 Å². The third kappa shape index (κ3) is 4.27. The highest BCUT2D eigenvalue weighted by molar-refractivity contribution is 5.92. The molecule has 2 saturated heterocycles. The van der Waals surface area contributed by atoms with Gasteiger partial charge in [-0.25, -0.2) is 0 Å². The zero-order chi connectivity index (χ0) is 20.3. The number of ether oxygens (including phenoxy) is 1. The largest absolute Gasteiger partial charge is 0.497 e. The lowest BCUT2D eigenvalue weighted by molar-refractivity contribution is -0.125. The van der Waals surface area contributed by atoms with Gasteiger partial charge in [0.1, 0.15) is 5.75 Å². The highest BCUT2D eigenvalue weighted by Gasteiger charge is 2.49. The van der Waals surface area contributed by atoms with Gasteiger partial charge in [-0.2, -0.15) is 0 Å². The molecular weight excluding hydrogens is 366 g/mol. The van der Waals surface area contributed by atoms with Gasteiger partial charge in [0.2, 0.25) is 11.8 Å². The Morgan fingerprint density at radius 2 is 1.97 bits per heavy atom. The van der Waals surface area contributed by atoms with Gasteiger partial charge in [0.15, 0.2) is 0 Å². The van der Waals surface area contributed by atoms with E-state index in [1.54, 1.807) is 7.11 Å². The fraction of sp³-hybridized carbons (Fsp3) is 0.391. The van der Waals surface area contributed by atoms with Crippen molar-refractivity contribution in [3.8, 4) is 5.75 Å². The topological polar surface area (TPSA) is 70.7 Å². The third-order valence-electron chi connectivity index (χ3n) is 5.97. The Morgan fingerprint density at radius 1 is 1.21 bits per heavy atom. The average molecular weight is 393 g/mol. The highest BCUT2D eigenvalue weighted by atomic mass is 16.5. The summed E-state index contributed by atoms with van der Waals surface area (Å²) in [6.07, 6.45) is 2.41. The predicted octanol–water partition coefficient (Wildman–Crippen LogP) is 2.77. The van der Waals surface area contributed by atoms with E-state index in [0.29, 0.717) is 19.5 Å². The van der Waals surface area contributed by atoms with Gasteiger partial charge in [-0.05, 0) is 42.7 Å². The van der Waals surface area contributed by atoms with Crippen LogP contribution < -0.4 is 15.4 Å². The molecule has 0 radical (unpaired) electrons. The lowest BCUT2D eigenvalue weighted by Crippen LogP contribution is -2.56. The number of methoxy groups -OCH3 is 1. The molecule has 2 amide bonds. The van der Waals surface area contributed by atoms with Gasteiger partial charge in [-0.3, -0.25) is 14.5 Å². The van der Waals surface area contributed by atoms with Crippen LogP contribution in [0.15, 0.2) is 54.6 Å². The van der Waals surface area contributed by atoms with E-state index in [9.17, 15) is 9.59 Å². The van der Waals surface area contributed by atoms with Gasteiger partial charge in [0.25, 0.3) is 0 Å². The molecule has 152 valence electrons. The summed E-state index contributed by atoms with van der Waals surface area (Å²) in [6.45, 7) is 1.74. The molecule has 29 heavy (non-hydrogen) atoms. The number of rotatable bonds is 5. The Balaban J connectivity index is 1.46. The van der Waals surface area contributed by atoms with Crippen LogP contribution in [0.4, 0.5) is 5.69 Å². The summed E-state index contributed by atoms with van der Waals surface area (Å²) in [7, 11) is 1.62. The second kappa shape index (κ2) is 8.25. The monoisotopic (exact) mass is 393 g/mol. The third-order valence-corrected chi connectivity index (χ3v) is 5.97. The van der Waals surface area contributed by atoms with Gasteiger partial charge >= 0.3 is 0 Å². The van der Waals surface area contributed by atoms with E-state index in [1.165, 1.54) is 5.56 Å². The smallest absolute Gasteiger partial charge is 0.238 e. The van der Waals surface area contributed by atoms with Gasteiger partial charge in [0, 0.05) is 31.1 Å². The van der Waals surface area contributed by atoms with Gasteiger partial charge < -0.3 is 15.4 Å². The number of nitrogens with one attached hydrogen (secondary N) is 2. The van der Waals surface area contributed by atoms with Crippen molar-refractivity contribution in [3.05, 3.63) is 60.2 Å². The summed E-state index contributed by atoms with van der Waals surface area (Å²) in [5.41, 5.74) is 1.67. The Morgan fingerprint density at radius 3 is 2.66 bits per heavy atom. The maximum Gasteiger partial charge on any atom is 0.238 e. The lowest BCUT2D eigenvalue weighted by atomic mass is 9.76. The molecule has 1 spiro atoms. The summed E-state index contributed by atoms with van der Waals surface area (Å²) < 4.78 is 5.15. The first kappa shape index (κ1) is 19.5. The van der Waals surface area contributed by atoms with Gasteiger partial charge in [-0.15, -0.1) is 0 Å². The standard InChI is InChI=1S/C23H27N3O3/c1-29-19-11-9-18(10-12-19)24-22(28)15-26-14-20(17-6-3-2-4-7-17)23(16-26)13-5-8-21(27)25-23/h2-4,6-7,9-12,20H,5,8,13-16H2,1H3,(H,24,28)(H,25,27)/t20-,23+/m0/s1. The summed E-state index contributed by atoms with van der Waals surface area (Å²) in [4.78, 5) is 27.0. The van der Waals surface area contributed by atoms with Gasteiger partial charge in [-0.1, -0.05) is 30.3 Å². The van der Waals surface area contributed by atoms with Crippen LogP contribution in [0.25, 0.3) is 0 Å².